The number of carbonyl (C=O) groups excluding carboxylic acids is 2. The lowest BCUT2D eigenvalue weighted by molar-refractivity contribution is -0.163. The summed E-state index contributed by atoms with van der Waals surface area (Å²) in [5.74, 6) is -1.04. The number of hydrogen-bond acceptors (Lipinski definition) is 5. The topological polar surface area (TPSA) is 72.8 Å². The summed E-state index contributed by atoms with van der Waals surface area (Å²) in [4.78, 5) is 22.3. The highest BCUT2D eigenvalue weighted by Gasteiger charge is 2.29. The van der Waals surface area contributed by atoms with E-state index in [2.05, 4.69) is 0 Å². The average molecular weight is 226 g/mol. The van der Waals surface area contributed by atoms with Gasteiger partial charge in [0.2, 0.25) is 0 Å². The van der Waals surface area contributed by atoms with Crippen molar-refractivity contribution in [2.24, 2.45) is 0 Å². The number of rotatable bonds is 3. The smallest absolute Gasteiger partial charge is 0.334 e. The summed E-state index contributed by atoms with van der Waals surface area (Å²) in [5.41, 5.74) is 0.460. The Morgan fingerprint density at radius 3 is 2.94 bits per heavy atom. The van der Waals surface area contributed by atoms with E-state index in [-0.39, 0.29) is 6.61 Å². The van der Waals surface area contributed by atoms with Crippen molar-refractivity contribution >= 4 is 11.9 Å². The van der Waals surface area contributed by atoms with E-state index < -0.39 is 24.1 Å². The van der Waals surface area contributed by atoms with Gasteiger partial charge in [-0.15, -0.1) is 0 Å². The fourth-order valence-electron chi connectivity index (χ4n) is 1.14. The Labute approximate surface area is 93.3 Å². The van der Waals surface area contributed by atoms with Crippen LogP contribution in [0.15, 0.2) is 23.8 Å². The fourth-order valence-corrected chi connectivity index (χ4v) is 1.14. The lowest BCUT2D eigenvalue weighted by atomic mass is 10.1. The molecule has 1 heterocycles. The normalized spacial score (nSPS) is 25.2. The summed E-state index contributed by atoms with van der Waals surface area (Å²) < 4.78 is 9.85. The minimum atomic E-state index is -0.828. The number of esters is 2. The Balaban J connectivity index is 2.69. The Hall–Kier alpha value is -1.62. The summed E-state index contributed by atoms with van der Waals surface area (Å²) >= 11 is 0. The predicted octanol–water partition coefficient (Wildman–Crippen LogP) is 0.338. The SMILES string of the molecule is C/C=C(\C)C(=O)O[C@H]1C=CC(=O)O[C@H]1CO. The van der Waals surface area contributed by atoms with E-state index in [1.165, 1.54) is 12.2 Å². The molecule has 0 aliphatic carbocycles. The molecule has 88 valence electrons. The van der Waals surface area contributed by atoms with Crippen molar-refractivity contribution < 1.29 is 24.2 Å². The van der Waals surface area contributed by atoms with Crippen LogP contribution in [0.5, 0.6) is 0 Å². The monoisotopic (exact) mass is 226 g/mol. The van der Waals surface area contributed by atoms with E-state index in [0.29, 0.717) is 5.57 Å². The third-order valence-electron chi connectivity index (χ3n) is 2.23. The summed E-state index contributed by atoms with van der Waals surface area (Å²) in [6.07, 6.45) is 2.65. The zero-order valence-electron chi connectivity index (χ0n) is 9.17. The van der Waals surface area contributed by atoms with Crippen LogP contribution in [-0.4, -0.2) is 35.9 Å². The van der Waals surface area contributed by atoms with E-state index in [9.17, 15) is 9.59 Å². The molecule has 0 saturated carbocycles. The highest BCUT2D eigenvalue weighted by molar-refractivity contribution is 5.88. The van der Waals surface area contributed by atoms with Crippen molar-refractivity contribution in [3.05, 3.63) is 23.8 Å². The molecule has 0 aromatic rings. The summed E-state index contributed by atoms with van der Waals surface area (Å²) in [7, 11) is 0. The number of allylic oxidation sites excluding steroid dienone is 1. The number of carbonyl (C=O) groups is 2. The number of ether oxygens (including phenoxy) is 2. The maximum absolute atomic E-state index is 11.4. The third kappa shape index (κ3) is 2.93. The van der Waals surface area contributed by atoms with Crippen LogP contribution in [-0.2, 0) is 19.1 Å². The zero-order chi connectivity index (χ0) is 12.1. The van der Waals surface area contributed by atoms with Gasteiger partial charge in [-0.05, 0) is 19.9 Å². The molecular weight excluding hydrogens is 212 g/mol. The van der Waals surface area contributed by atoms with Crippen LogP contribution in [0, 0.1) is 0 Å². The molecule has 5 heteroatoms. The van der Waals surface area contributed by atoms with E-state index in [1.54, 1.807) is 19.9 Å². The molecule has 2 atom stereocenters. The molecule has 1 aliphatic rings. The van der Waals surface area contributed by atoms with Gasteiger partial charge in [0.25, 0.3) is 0 Å². The van der Waals surface area contributed by atoms with Crippen molar-refractivity contribution in [2.45, 2.75) is 26.1 Å². The number of cyclic esters (lactones) is 1. The molecule has 0 spiro atoms. The molecule has 5 nitrogen and oxygen atoms in total. The lowest BCUT2D eigenvalue weighted by Crippen LogP contribution is -2.39. The minimum absolute atomic E-state index is 0.386. The van der Waals surface area contributed by atoms with Crippen LogP contribution in [0.2, 0.25) is 0 Å². The summed E-state index contributed by atoms with van der Waals surface area (Å²) in [6, 6.07) is 0. The van der Waals surface area contributed by atoms with E-state index in [0.717, 1.165) is 0 Å². The molecule has 1 rings (SSSR count). The zero-order valence-corrected chi connectivity index (χ0v) is 9.17. The predicted molar refractivity (Wildman–Crippen MR) is 55.4 cm³/mol. The van der Waals surface area contributed by atoms with E-state index in [4.69, 9.17) is 14.6 Å². The second-order valence-corrected chi connectivity index (χ2v) is 3.36. The summed E-state index contributed by atoms with van der Waals surface area (Å²) in [6.45, 7) is 2.95. The van der Waals surface area contributed by atoms with Crippen molar-refractivity contribution in [1.82, 2.24) is 0 Å². The largest absolute Gasteiger partial charge is 0.452 e. The van der Waals surface area contributed by atoms with E-state index in [1.807, 2.05) is 0 Å². The van der Waals surface area contributed by atoms with Crippen LogP contribution in [0.25, 0.3) is 0 Å². The molecule has 0 saturated heterocycles. The second-order valence-electron chi connectivity index (χ2n) is 3.36. The number of aliphatic hydroxyl groups is 1. The van der Waals surface area contributed by atoms with Gasteiger partial charge in [-0.3, -0.25) is 0 Å². The first-order valence-electron chi connectivity index (χ1n) is 4.92. The van der Waals surface area contributed by atoms with Gasteiger partial charge in [0.1, 0.15) is 0 Å². The molecule has 1 N–H and O–H groups in total. The highest BCUT2D eigenvalue weighted by atomic mass is 16.6. The Morgan fingerprint density at radius 2 is 2.38 bits per heavy atom. The van der Waals surface area contributed by atoms with Gasteiger partial charge in [0.05, 0.1) is 6.61 Å². The maximum Gasteiger partial charge on any atom is 0.334 e. The van der Waals surface area contributed by atoms with Gasteiger partial charge in [-0.2, -0.15) is 0 Å². The quantitative estimate of drug-likeness (QED) is 0.555. The van der Waals surface area contributed by atoms with E-state index >= 15 is 0 Å². The van der Waals surface area contributed by atoms with Crippen LogP contribution in [0.4, 0.5) is 0 Å². The van der Waals surface area contributed by atoms with Crippen molar-refractivity contribution in [3.8, 4) is 0 Å². The first-order valence-corrected chi connectivity index (χ1v) is 4.92. The molecular formula is C11H14O5. The van der Waals surface area contributed by atoms with Gasteiger partial charge in [-0.25, -0.2) is 9.59 Å². The minimum Gasteiger partial charge on any atom is -0.452 e. The molecule has 0 aromatic heterocycles. The summed E-state index contributed by atoms with van der Waals surface area (Å²) in [5, 5.41) is 8.97. The van der Waals surface area contributed by atoms with Crippen molar-refractivity contribution in [2.75, 3.05) is 6.61 Å². The Bertz CT molecular complexity index is 342. The molecule has 16 heavy (non-hydrogen) atoms. The van der Waals surface area contributed by atoms with Crippen LogP contribution < -0.4 is 0 Å². The lowest BCUT2D eigenvalue weighted by Gasteiger charge is -2.25. The van der Waals surface area contributed by atoms with Crippen molar-refractivity contribution in [3.63, 3.8) is 0 Å². The average Bonchev–Trinajstić information content (AvgIpc) is 2.30. The maximum atomic E-state index is 11.4. The van der Waals surface area contributed by atoms with Gasteiger partial charge in [0.15, 0.2) is 12.2 Å². The molecule has 0 unspecified atom stereocenters. The van der Waals surface area contributed by atoms with Crippen LogP contribution >= 0.6 is 0 Å². The van der Waals surface area contributed by atoms with Crippen molar-refractivity contribution in [1.29, 1.82) is 0 Å². The number of hydrogen-bond donors (Lipinski definition) is 1. The second kappa shape index (κ2) is 5.46. The van der Waals surface area contributed by atoms with Crippen LogP contribution in [0.1, 0.15) is 13.8 Å². The molecule has 0 fully saturated rings. The molecule has 0 aromatic carbocycles. The first-order chi connectivity index (χ1) is 7.58. The molecule has 0 amide bonds. The van der Waals surface area contributed by atoms with Crippen LogP contribution in [0.3, 0.4) is 0 Å². The van der Waals surface area contributed by atoms with Gasteiger partial charge in [0, 0.05) is 11.6 Å². The first kappa shape index (κ1) is 12.4. The number of aliphatic hydroxyl groups excluding tert-OH is 1. The fraction of sp³-hybridized carbons (Fsp3) is 0.455. The van der Waals surface area contributed by atoms with Gasteiger partial charge in [-0.1, -0.05) is 6.08 Å². The molecule has 1 aliphatic heterocycles. The molecule has 0 radical (unpaired) electrons. The standard InChI is InChI=1S/C11H14O5/c1-3-7(2)11(14)16-8-4-5-10(13)15-9(8)6-12/h3-5,8-9,12H,6H2,1-2H3/b7-3+/t8-,9-/m0/s1. The Morgan fingerprint density at radius 1 is 1.69 bits per heavy atom. The van der Waals surface area contributed by atoms with Gasteiger partial charge >= 0.3 is 11.9 Å². The van der Waals surface area contributed by atoms with Gasteiger partial charge < -0.3 is 14.6 Å². The molecule has 0 bridgehead atoms. The third-order valence-corrected chi connectivity index (χ3v) is 2.23. The Kier molecular flexibility index (Phi) is 4.25. The highest BCUT2D eigenvalue weighted by Crippen LogP contribution is 2.13.